The Labute approximate surface area is 220 Å². The van der Waals surface area contributed by atoms with E-state index in [4.69, 9.17) is 0 Å². The van der Waals surface area contributed by atoms with Gasteiger partial charge in [0.2, 0.25) is 0 Å². The highest BCUT2D eigenvalue weighted by Gasteiger charge is 2.41. The van der Waals surface area contributed by atoms with Crippen molar-refractivity contribution in [3.63, 3.8) is 0 Å². The van der Waals surface area contributed by atoms with Crippen molar-refractivity contribution >= 4 is 6.08 Å². The Morgan fingerprint density at radius 2 is 1.28 bits per heavy atom. The number of benzene rings is 4. The zero-order chi connectivity index (χ0) is 28.1. The first-order valence-electron chi connectivity index (χ1n) is 12.1. The Hall–Kier alpha value is -4.07. The monoisotopic (exact) mass is 542 g/mol. The van der Waals surface area contributed by atoms with Gasteiger partial charge in [-0.1, -0.05) is 49.9 Å². The fourth-order valence-electron chi connectivity index (χ4n) is 4.97. The van der Waals surface area contributed by atoms with Crippen molar-refractivity contribution in [1.29, 1.82) is 0 Å². The van der Waals surface area contributed by atoms with Crippen LogP contribution in [0.3, 0.4) is 0 Å². The summed E-state index contributed by atoms with van der Waals surface area (Å²) in [6.45, 7) is 5.36. The molecule has 0 heterocycles. The molecule has 0 saturated carbocycles. The lowest BCUT2D eigenvalue weighted by Crippen LogP contribution is -2.25. The van der Waals surface area contributed by atoms with E-state index in [1.54, 1.807) is 6.07 Å². The minimum absolute atomic E-state index is 0.203. The van der Waals surface area contributed by atoms with Crippen LogP contribution in [0.4, 0.5) is 30.7 Å². The molecule has 0 N–H and O–H groups in total. The highest BCUT2D eigenvalue weighted by atomic mass is 19.3. The van der Waals surface area contributed by atoms with Gasteiger partial charge in [-0.15, -0.1) is 0 Å². The zero-order valence-corrected chi connectivity index (χ0v) is 20.6. The molecule has 0 amide bonds. The van der Waals surface area contributed by atoms with E-state index in [2.05, 4.69) is 18.2 Å². The molecule has 0 spiro atoms. The first-order valence-corrected chi connectivity index (χ1v) is 12.1. The summed E-state index contributed by atoms with van der Waals surface area (Å²) in [6, 6.07) is 12.0. The van der Waals surface area contributed by atoms with Crippen molar-refractivity contribution in [1.82, 2.24) is 0 Å². The third kappa shape index (κ3) is 5.03. The van der Waals surface area contributed by atoms with E-state index in [0.29, 0.717) is 35.7 Å². The molecule has 0 aromatic heterocycles. The zero-order valence-electron chi connectivity index (χ0n) is 20.6. The molecule has 1 atom stereocenters. The van der Waals surface area contributed by atoms with Gasteiger partial charge in [0.25, 0.3) is 0 Å². The average molecular weight is 542 g/mol. The number of alkyl halides is 2. The number of ether oxygens (including phenoxy) is 1. The van der Waals surface area contributed by atoms with Crippen LogP contribution in [-0.4, -0.2) is 0 Å². The van der Waals surface area contributed by atoms with Gasteiger partial charge < -0.3 is 4.74 Å². The number of fused-ring (bicyclic) bond motifs is 1. The smallest absolute Gasteiger partial charge is 0.429 e. The fourth-order valence-corrected chi connectivity index (χ4v) is 4.97. The van der Waals surface area contributed by atoms with E-state index in [0.717, 1.165) is 24.5 Å². The predicted molar refractivity (Wildman–Crippen MR) is 135 cm³/mol. The first-order chi connectivity index (χ1) is 18.5. The van der Waals surface area contributed by atoms with Crippen molar-refractivity contribution in [3.8, 4) is 28.0 Å². The third-order valence-electron chi connectivity index (χ3n) is 6.79. The van der Waals surface area contributed by atoms with Crippen LogP contribution in [0.25, 0.3) is 28.3 Å². The van der Waals surface area contributed by atoms with Gasteiger partial charge in [-0.3, -0.25) is 0 Å². The molecular formula is C31H21F7O. The molecule has 39 heavy (non-hydrogen) atoms. The minimum atomic E-state index is -4.64. The van der Waals surface area contributed by atoms with Gasteiger partial charge in [-0.25, -0.2) is 22.0 Å². The van der Waals surface area contributed by atoms with Gasteiger partial charge in [0.05, 0.1) is 0 Å². The van der Waals surface area contributed by atoms with Gasteiger partial charge in [0, 0.05) is 23.3 Å². The summed E-state index contributed by atoms with van der Waals surface area (Å²) >= 11 is 0. The van der Waals surface area contributed by atoms with Gasteiger partial charge in [0.15, 0.2) is 0 Å². The molecule has 200 valence electrons. The molecule has 0 bridgehead atoms. The van der Waals surface area contributed by atoms with Crippen molar-refractivity contribution in [2.75, 3.05) is 0 Å². The fraction of sp³-hybridized carbons (Fsp3) is 0.161. The van der Waals surface area contributed by atoms with Gasteiger partial charge >= 0.3 is 6.11 Å². The minimum Gasteiger partial charge on any atom is -0.429 e. The van der Waals surface area contributed by atoms with Crippen LogP contribution in [0.5, 0.6) is 5.75 Å². The Kier molecular flexibility index (Phi) is 6.74. The summed E-state index contributed by atoms with van der Waals surface area (Å²) in [7, 11) is 0. The summed E-state index contributed by atoms with van der Waals surface area (Å²) in [6.07, 6.45) is -1.90. The second kappa shape index (κ2) is 9.91. The lowest BCUT2D eigenvalue weighted by Gasteiger charge is -2.20. The maximum absolute atomic E-state index is 15.1. The van der Waals surface area contributed by atoms with Crippen LogP contribution in [0, 0.1) is 35.0 Å². The number of hydrogen-bond acceptors (Lipinski definition) is 1. The molecule has 1 nitrogen and oxygen atoms in total. The van der Waals surface area contributed by atoms with Gasteiger partial charge in [-0.05, 0) is 64.8 Å². The summed E-state index contributed by atoms with van der Waals surface area (Å²) < 4.78 is 106. The Morgan fingerprint density at radius 1 is 0.718 bits per heavy atom. The quantitative estimate of drug-likeness (QED) is 0.221. The summed E-state index contributed by atoms with van der Waals surface area (Å²) in [5.74, 6) is -7.22. The Morgan fingerprint density at radius 3 is 1.90 bits per heavy atom. The van der Waals surface area contributed by atoms with E-state index in [1.807, 2.05) is 18.2 Å². The average Bonchev–Trinajstić information content (AvgIpc) is 3.22. The van der Waals surface area contributed by atoms with E-state index in [9.17, 15) is 26.3 Å². The van der Waals surface area contributed by atoms with E-state index in [-0.39, 0.29) is 11.1 Å². The second-order valence-corrected chi connectivity index (χ2v) is 9.63. The first kappa shape index (κ1) is 26.5. The summed E-state index contributed by atoms with van der Waals surface area (Å²) in [5.41, 5.74) is 0.893. The van der Waals surface area contributed by atoms with Crippen molar-refractivity contribution in [2.45, 2.75) is 25.9 Å². The topological polar surface area (TPSA) is 9.23 Å². The van der Waals surface area contributed by atoms with E-state index >= 15 is 4.39 Å². The van der Waals surface area contributed by atoms with E-state index < -0.39 is 52.1 Å². The number of rotatable bonds is 6. The molecule has 0 aliphatic heterocycles. The lowest BCUT2D eigenvalue weighted by molar-refractivity contribution is -0.189. The molecule has 0 radical (unpaired) electrons. The maximum atomic E-state index is 15.1. The van der Waals surface area contributed by atoms with Crippen molar-refractivity contribution in [3.05, 3.63) is 119 Å². The van der Waals surface area contributed by atoms with Gasteiger partial charge in [-0.2, -0.15) is 8.78 Å². The Balaban J connectivity index is 1.44. The Bertz CT molecular complexity index is 1560. The van der Waals surface area contributed by atoms with Crippen molar-refractivity contribution < 1.29 is 35.5 Å². The van der Waals surface area contributed by atoms with Crippen LogP contribution >= 0.6 is 0 Å². The second-order valence-electron chi connectivity index (χ2n) is 9.63. The molecule has 4 aromatic carbocycles. The normalized spacial score (nSPS) is 14.8. The van der Waals surface area contributed by atoms with Gasteiger partial charge in [0.1, 0.15) is 40.4 Å². The van der Waals surface area contributed by atoms with E-state index in [1.165, 1.54) is 23.3 Å². The van der Waals surface area contributed by atoms with Crippen molar-refractivity contribution in [2.24, 2.45) is 5.92 Å². The van der Waals surface area contributed by atoms with Crippen LogP contribution in [0.1, 0.15) is 29.2 Å². The summed E-state index contributed by atoms with van der Waals surface area (Å²) in [4.78, 5) is 0. The van der Waals surface area contributed by atoms with Crippen LogP contribution in [0.15, 0.2) is 67.2 Å². The lowest BCUT2D eigenvalue weighted by atomic mass is 9.96. The molecule has 5 rings (SSSR count). The van der Waals surface area contributed by atoms with Crippen LogP contribution < -0.4 is 4.74 Å². The third-order valence-corrected chi connectivity index (χ3v) is 6.79. The highest BCUT2D eigenvalue weighted by Crippen LogP contribution is 2.39. The molecule has 1 aliphatic carbocycles. The highest BCUT2D eigenvalue weighted by molar-refractivity contribution is 5.72. The maximum Gasteiger partial charge on any atom is 0.432 e. The molecule has 4 aromatic rings. The molecule has 8 heteroatoms. The standard InChI is InChI=1S/C31H21F7O/c1-3-23-26(33)14-22(15-27(23)34)39-31(37,38)30-28(35)12-21(13-29(30)36)24-7-6-19(11-25(24)32)18-5-4-17-8-16(2)9-20(17)10-18/h3-7,10-16H,1,8-9H2,2H3. The molecule has 1 aliphatic rings. The SMILES string of the molecule is C=Cc1c(F)cc(OC(F)(F)c2c(F)cc(-c3ccc(-c4ccc5c(c4)CC(C)C5)cc3F)cc2F)cc1F. The molecular weight excluding hydrogens is 521 g/mol. The largest absolute Gasteiger partial charge is 0.432 e. The number of hydrogen-bond donors (Lipinski definition) is 0. The molecule has 1 unspecified atom stereocenters. The molecule has 0 fully saturated rings. The van der Waals surface area contributed by atoms with Crippen LogP contribution in [0.2, 0.25) is 0 Å². The summed E-state index contributed by atoms with van der Waals surface area (Å²) in [5, 5.41) is 0. The van der Waals surface area contributed by atoms with Crippen LogP contribution in [-0.2, 0) is 19.0 Å². The molecule has 0 saturated heterocycles. The number of halogens is 7. The predicted octanol–water partition coefficient (Wildman–Crippen LogP) is 9.22.